The number of rotatable bonds is 4. The van der Waals surface area contributed by atoms with Gasteiger partial charge in [-0.1, -0.05) is 18.2 Å². The maximum Gasteiger partial charge on any atom is 0.255 e. The normalized spacial score (nSPS) is 14.8. The Kier molecular flexibility index (Phi) is 4.69. The van der Waals surface area contributed by atoms with Crippen molar-refractivity contribution in [3.63, 3.8) is 0 Å². The molecule has 0 radical (unpaired) electrons. The summed E-state index contributed by atoms with van der Waals surface area (Å²) >= 11 is 0. The van der Waals surface area contributed by atoms with Gasteiger partial charge in [0.15, 0.2) is 5.82 Å². The lowest BCUT2D eigenvalue weighted by Gasteiger charge is -2.30. The largest absolute Gasteiger partial charge is 0.346 e. The summed E-state index contributed by atoms with van der Waals surface area (Å²) in [6.07, 6.45) is 1.29. The van der Waals surface area contributed by atoms with Crippen LogP contribution in [0.25, 0.3) is 11.4 Å². The number of hydrogen-bond donors (Lipinski definition) is 1. The van der Waals surface area contributed by atoms with E-state index in [1.165, 1.54) is 6.07 Å². The second kappa shape index (κ2) is 7.54. The minimum absolute atomic E-state index is 0.00239. The summed E-state index contributed by atoms with van der Waals surface area (Å²) in [6.45, 7) is 1.73. The number of aromatic nitrogens is 2. The summed E-state index contributed by atoms with van der Waals surface area (Å²) in [7, 11) is 0. The Hall–Kier alpha value is -3.68. The van der Waals surface area contributed by atoms with E-state index < -0.39 is 11.6 Å². The SMILES string of the molecule is O=C1NCc2nc(-c3c(F)cccc3F)nc(Cc3ccc(C(=O)N4CCC4)cc3)c21. The van der Waals surface area contributed by atoms with Gasteiger partial charge in [-0.25, -0.2) is 18.7 Å². The van der Waals surface area contributed by atoms with Crippen molar-refractivity contribution in [1.29, 1.82) is 0 Å². The van der Waals surface area contributed by atoms with E-state index in [0.717, 1.165) is 37.2 Å². The molecule has 31 heavy (non-hydrogen) atoms. The molecule has 2 amide bonds. The summed E-state index contributed by atoms with van der Waals surface area (Å²) in [5, 5.41) is 2.69. The molecule has 1 aromatic heterocycles. The second-order valence-electron chi connectivity index (χ2n) is 7.61. The van der Waals surface area contributed by atoms with Crippen LogP contribution in [-0.4, -0.2) is 39.8 Å². The Labute approximate surface area is 176 Å². The van der Waals surface area contributed by atoms with Crippen molar-refractivity contribution < 1.29 is 18.4 Å². The van der Waals surface area contributed by atoms with Gasteiger partial charge in [-0.05, 0) is 36.2 Å². The predicted octanol–water partition coefficient (Wildman–Crippen LogP) is 3.10. The first kappa shape index (κ1) is 19.3. The molecule has 3 heterocycles. The number of hydrogen-bond acceptors (Lipinski definition) is 4. The van der Waals surface area contributed by atoms with Crippen molar-refractivity contribution in [2.24, 2.45) is 0 Å². The lowest BCUT2D eigenvalue weighted by molar-refractivity contribution is 0.0651. The van der Waals surface area contributed by atoms with E-state index in [1.807, 2.05) is 0 Å². The highest BCUT2D eigenvalue weighted by atomic mass is 19.1. The number of carbonyl (C=O) groups is 2. The summed E-state index contributed by atoms with van der Waals surface area (Å²) < 4.78 is 28.6. The zero-order chi connectivity index (χ0) is 21.5. The van der Waals surface area contributed by atoms with Gasteiger partial charge in [0.05, 0.1) is 29.1 Å². The summed E-state index contributed by atoms with van der Waals surface area (Å²) in [6, 6.07) is 10.7. The Balaban J connectivity index is 1.51. The van der Waals surface area contributed by atoms with Crippen molar-refractivity contribution in [3.8, 4) is 11.4 Å². The van der Waals surface area contributed by atoms with E-state index in [0.29, 0.717) is 22.5 Å². The topological polar surface area (TPSA) is 75.2 Å². The monoisotopic (exact) mass is 420 g/mol. The minimum Gasteiger partial charge on any atom is -0.346 e. The van der Waals surface area contributed by atoms with Crippen molar-refractivity contribution in [2.45, 2.75) is 19.4 Å². The lowest BCUT2D eigenvalue weighted by atomic mass is 10.0. The first-order valence-corrected chi connectivity index (χ1v) is 10.0. The minimum atomic E-state index is -0.767. The summed E-state index contributed by atoms with van der Waals surface area (Å²) in [4.78, 5) is 35.1. The molecule has 156 valence electrons. The molecule has 5 rings (SSSR count). The highest BCUT2D eigenvalue weighted by Crippen LogP contribution is 2.28. The number of halogens is 2. The molecule has 0 spiro atoms. The number of nitrogens with zero attached hydrogens (tertiary/aromatic N) is 3. The van der Waals surface area contributed by atoms with Gasteiger partial charge in [-0.2, -0.15) is 0 Å². The van der Waals surface area contributed by atoms with Gasteiger partial charge in [-0.3, -0.25) is 9.59 Å². The molecule has 1 fully saturated rings. The number of likely N-dealkylation sites (tertiary alicyclic amines) is 1. The second-order valence-corrected chi connectivity index (χ2v) is 7.61. The molecule has 2 aromatic carbocycles. The molecule has 0 aliphatic carbocycles. The Morgan fingerprint density at radius 2 is 1.71 bits per heavy atom. The quantitative estimate of drug-likeness (QED) is 0.704. The van der Waals surface area contributed by atoms with E-state index >= 15 is 0 Å². The van der Waals surface area contributed by atoms with E-state index in [2.05, 4.69) is 15.3 Å². The molecule has 3 aromatic rings. The third-order valence-corrected chi connectivity index (χ3v) is 5.60. The number of carbonyl (C=O) groups excluding carboxylic acids is 2. The molecule has 6 nitrogen and oxygen atoms in total. The molecule has 0 saturated carbocycles. The number of amides is 2. The lowest BCUT2D eigenvalue weighted by Crippen LogP contribution is -2.41. The van der Waals surface area contributed by atoms with Crippen LogP contribution in [0.3, 0.4) is 0 Å². The van der Waals surface area contributed by atoms with E-state index in [4.69, 9.17) is 0 Å². The third-order valence-electron chi connectivity index (χ3n) is 5.60. The number of fused-ring (bicyclic) bond motifs is 1. The fourth-order valence-electron chi connectivity index (χ4n) is 3.81. The van der Waals surface area contributed by atoms with E-state index in [1.54, 1.807) is 29.2 Å². The average Bonchev–Trinajstić information content (AvgIpc) is 3.08. The number of nitrogens with one attached hydrogen (secondary N) is 1. The van der Waals surface area contributed by atoms with Crippen LogP contribution in [0.2, 0.25) is 0 Å². The van der Waals surface area contributed by atoms with Crippen molar-refractivity contribution in [1.82, 2.24) is 20.2 Å². The van der Waals surface area contributed by atoms with Crippen LogP contribution in [0, 0.1) is 11.6 Å². The van der Waals surface area contributed by atoms with Gasteiger partial charge in [-0.15, -0.1) is 0 Å². The van der Waals surface area contributed by atoms with Crippen LogP contribution < -0.4 is 5.32 Å². The van der Waals surface area contributed by atoms with Crippen LogP contribution in [0.15, 0.2) is 42.5 Å². The van der Waals surface area contributed by atoms with Crippen LogP contribution in [-0.2, 0) is 13.0 Å². The van der Waals surface area contributed by atoms with Crippen LogP contribution in [0.4, 0.5) is 8.78 Å². The summed E-state index contributed by atoms with van der Waals surface area (Å²) in [5.41, 5.74) is 2.24. The highest BCUT2D eigenvalue weighted by molar-refractivity contribution is 5.99. The molecule has 8 heteroatoms. The molecule has 0 atom stereocenters. The maximum atomic E-state index is 14.3. The van der Waals surface area contributed by atoms with Gasteiger partial charge in [0.25, 0.3) is 11.8 Å². The Morgan fingerprint density at radius 3 is 2.35 bits per heavy atom. The first-order valence-electron chi connectivity index (χ1n) is 10.0. The molecule has 2 aliphatic heterocycles. The fraction of sp³-hybridized carbons (Fsp3) is 0.217. The van der Waals surface area contributed by atoms with Gasteiger partial charge < -0.3 is 10.2 Å². The average molecular weight is 420 g/mol. The van der Waals surface area contributed by atoms with Gasteiger partial charge in [0, 0.05) is 25.1 Å². The standard InChI is InChI=1S/C23H18F2N4O2/c24-15-3-1-4-16(25)19(15)21-27-17(20-18(28-21)12-26-22(20)30)11-13-5-7-14(8-6-13)23(31)29-9-2-10-29/h1,3-8H,2,9-12H2,(H,26,30). The smallest absolute Gasteiger partial charge is 0.255 e. The van der Waals surface area contributed by atoms with Crippen LogP contribution >= 0.6 is 0 Å². The molecule has 0 unspecified atom stereocenters. The molecular formula is C23H18F2N4O2. The third kappa shape index (κ3) is 3.43. The zero-order valence-electron chi connectivity index (χ0n) is 16.5. The molecule has 1 saturated heterocycles. The van der Waals surface area contributed by atoms with Crippen molar-refractivity contribution >= 4 is 11.8 Å². The first-order chi connectivity index (χ1) is 15.0. The van der Waals surface area contributed by atoms with Gasteiger partial charge >= 0.3 is 0 Å². The van der Waals surface area contributed by atoms with Crippen LogP contribution in [0.5, 0.6) is 0 Å². The predicted molar refractivity (Wildman–Crippen MR) is 108 cm³/mol. The number of benzene rings is 2. The Morgan fingerprint density at radius 1 is 1.00 bits per heavy atom. The Bertz CT molecular complexity index is 1190. The maximum absolute atomic E-state index is 14.3. The van der Waals surface area contributed by atoms with Crippen molar-refractivity contribution in [2.75, 3.05) is 13.1 Å². The van der Waals surface area contributed by atoms with Crippen molar-refractivity contribution in [3.05, 3.63) is 82.2 Å². The zero-order valence-corrected chi connectivity index (χ0v) is 16.5. The van der Waals surface area contributed by atoms with Gasteiger partial charge in [0.1, 0.15) is 11.6 Å². The molecule has 2 aliphatic rings. The molecule has 1 N–H and O–H groups in total. The highest BCUT2D eigenvalue weighted by Gasteiger charge is 2.28. The fourth-order valence-corrected chi connectivity index (χ4v) is 3.81. The van der Waals surface area contributed by atoms with E-state index in [-0.39, 0.29) is 36.2 Å². The van der Waals surface area contributed by atoms with E-state index in [9.17, 15) is 18.4 Å². The molecular weight excluding hydrogens is 402 g/mol. The molecule has 0 bridgehead atoms. The van der Waals surface area contributed by atoms with Crippen LogP contribution in [0.1, 0.15) is 44.1 Å². The van der Waals surface area contributed by atoms with Gasteiger partial charge in [0.2, 0.25) is 0 Å². The summed E-state index contributed by atoms with van der Waals surface area (Å²) in [5.74, 6) is -1.94.